The average Bonchev–Trinajstić information content (AvgIpc) is 2.55. The van der Waals surface area contributed by atoms with Gasteiger partial charge >= 0.3 is 6.18 Å². The summed E-state index contributed by atoms with van der Waals surface area (Å²) in [6, 6.07) is 8.26. The molecule has 1 unspecified atom stereocenters. The minimum Gasteiger partial charge on any atom is -0.491 e. The Morgan fingerprint density at radius 1 is 1.26 bits per heavy atom. The molecule has 1 aromatic heterocycles. The van der Waals surface area contributed by atoms with Crippen molar-refractivity contribution in [1.29, 1.82) is 0 Å². The average molecular weight is 322 g/mol. The van der Waals surface area contributed by atoms with Gasteiger partial charge in [-0.15, -0.1) is 0 Å². The number of benzene rings is 1. The number of alkyl halides is 3. The van der Waals surface area contributed by atoms with Crippen LogP contribution in [-0.4, -0.2) is 18.0 Å². The number of fused-ring (bicyclic) bond motifs is 1. The molecule has 1 amide bonds. The first-order valence-corrected chi connectivity index (χ1v) is 6.95. The summed E-state index contributed by atoms with van der Waals surface area (Å²) < 4.78 is 44.5. The van der Waals surface area contributed by atoms with Crippen LogP contribution in [0, 0.1) is 0 Å². The van der Waals surface area contributed by atoms with Crippen molar-refractivity contribution in [1.82, 2.24) is 10.3 Å². The second kappa shape index (κ2) is 5.57. The number of aromatic nitrogens is 1. The molecule has 0 spiro atoms. The van der Waals surface area contributed by atoms with Gasteiger partial charge in [0.05, 0.1) is 12.2 Å². The molecular weight excluding hydrogens is 309 g/mol. The summed E-state index contributed by atoms with van der Waals surface area (Å²) in [4.78, 5) is 15.4. The van der Waals surface area contributed by atoms with Crippen LogP contribution in [-0.2, 0) is 16.5 Å². The Balaban J connectivity index is 2.19. The molecule has 0 saturated carbocycles. The molecule has 1 aromatic carbocycles. The van der Waals surface area contributed by atoms with E-state index in [0.717, 1.165) is 12.1 Å². The van der Waals surface area contributed by atoms with E-state index in [1.807, 2.05) is 0 Å². The summed E-state index contributed by atoms with van der Waals surface area (Å²) >= 11 is 0. The summed E-state index contributed by atoms with van der Waals surface area (Å²) in [5.74, 6) is 0.450. The van der Waals surface area contributed by atoms with Gasteiger partial charge in [-0.05, 0) is 29.8 Å². The number of rotatable bonds is 3. The fourth-order valence-electron chi connectivity index (χ4n) is 2.83. The number of carbonyl (C=O) groups is 1. The van der Waals surface area contributed by atoms with Crippen LogP contribution in [0.15, 0.2) is 42.6 Å². The molecule has 3 rings (SSSR count). The predicted molar refractivity (Wildman–Crippen MR) is 75.8 cm³/mol. The normalized spacial score (nSPS) is 20.3. The fourth-order valence-corrected chi connectivity index (χ4v) is 2.83. The highest BCUT2D eigenvalue weighted by molar-refractivity contribution is 5.55. The standard InChI is InChI=1S/C16H13F3N2O2/c17-16(18,19)12-4-1-3-11(9-12)15(21-10-22)6-8-23-13-5-2-7-20-14(13)15/h1-5,7,9-10H,6,8H2,(H,21,22). The van der Waals surface area contributed by atoms with Crippen LogP contribution in [0.4, 0.5) is 13.2 Å². The highest BCUT2D eigenvalue weighted by Gasteiger charge is 2.42. The third-order valence-electron chi connectivity index (χ3n) is 3.90. The lowest BCUT2D eigenvalue weighted by molar-refractivity contribution is -0.137. The van der Waals surface area contributed by atoms with Gasteiger partial charge in [-0.2, -0.15) is 13.2 Å². The number of halogens is 3. The second-order valence-electron chi connectivity index (χ2n) is 5.19. The Labute approximate surface area is 130 Å². The van der Waals surface area contributed by atoms with E-state index in [1.165, 1.54) is 12.3 Å². The number of amides is 1. The van der Waals surface area contributed by atoms with Crippen LogP contribution in [0.3, 0.4) is 0 Å². The number of pyridine rings is 1. The zero-order valence-electron chi connectivity index (χ0n) is 11.9. The summed E-state index contributed by atoms with van der Waals surface area (Å²) in [5.41, 5.74) is -1.19. The van der Waals surface area contributed by atoms with Gasteiger partial charge in [-0.1, -0.05) is 12.1 Å². The topological polar surface area (TPSA) is 51.2 Å². The summed E-state index contributed by atoms with van der Waals surface area (Å²) in [6.07, 6.45) is -2.18. The molecule has 1 atom stereocenters. The predicted octanol–water partition coefficient (Wildman–Crippen LogP) is 2.87. The van der Waals surface area contributed by atoms with Crippen LogP contribution in [0.25, 0.3) is 0 Å². The van der Waals surface area contributed by atoms with Crippen molar-refractivity contribution in [2.75, 3.05) is 6.61 Å². The Morgan fingerprint density at radius 2 is 2.09 bits per heavy atom. The number of hydrogen-bond donors (Lipinski definition) is 1. The van der Waals surface area contributed by atoms with Crippen molar-refractivity contribution in [3.8, 4) is 5.75 Å². The van der Waals surface area contributed by atoms with E-state index in [-0.39, 0.29) is 13.0 Å². The Morgan fingerprint density at radius 3 is 2.83 bits per heavy atom. The van der Waals surface area contributed by atoms with Gasteiger partial charge in [0.15, 0.2) is 0 Å². The van der Waals surface area contributed by atoms with E-state index in [4.69, 9.17) is 4.74 Å². The molecule has 0 bridgehead atoms. The molecule has 23 heavy (non-hydrogen) atoms. The molecular formula is C16H13F3N2O2. The maximum Gasteiger partial charge on any atom is 0.416 e. The van der Waals surface area contributed by atoms with Gasteiger partial charge in [0, 0.05) is 12.6 Å². The molecule has 2 heterocycles. The lowest BCUT2D eigenvalue weighted by atomic mass is 9.81. The van der Waals surface area contributed by atoms with Crippen LogP contribution >= 0.6 is 0 Å². The Hall–Kier alpha value is -2.57. The highest BCUT2D eigenvalue weighted by Crippen LogP contribution is 2.41. The minimum absolute atomic E-state index is 0.260. The first kappa shape index (κ1) is 15.3. The van der Waals surface area contributed by atoms with Crippen LogP contribution < -0.4 is 10.1 Å². The molecule has 1 N–H and O–H groups in total. The minimum atomic E-state index is -4.46. The number of hydrogen-bond acceptors (Lipinski definition) is 3. The molecule has 7 heteroatoms. The van der Waals surface area contributed by atoms with E-state index in [9.17, 15) is 18.0 Å². The summed E-state index contributed by atoms with van der Waals surface area (Å²) in [5, 5.41) is 2.66. The van der Waals surface area contributed by atoms with Crippen LogP contribution in [0.2, 0.25) is 0 Å². The molecule has 0 aliphatic carbocycles. The van der Waals surface area contributed by atoms with Crippen molar-refractivity contribution < 1.29 is 22.7 Å². The maximum atomic E-state index is 13.0. The van der Waals surface area contributed by atoms with E-state index in [1.54, 1.807) is 18.2 Å². The molecule has 0 fully saturated rings. The zero-order valence-corrected chi connectivity index (χ0v) is 11.9. The third kappa shape index (κ3) is 2.62. The Bertz CT molecular complexity index is 733. The zero-order chi connectivity index (χ0) is 16.5. The van der Waals surface area contributed by atoms with E-state index < -0.39 is 17.3 Å². The molecule has 120 valence electrons. The number of carbonyl (C=O) groups excluding carboxylic acids is 1. The monoisotopic (exact) mass is 322 g/mol. The number of nitrogens with zero attached hydrogens (tertiary/aromatic N) is 1. The van der Waals surface area contributed by atoms with Gasteiger partial charge in [-0.3, -0.25) is 9.78 Å². The molecule has 0 radical (unpaired) electrons. The molecule has 1 aliphatic rings. The Kier molecular flexibility index (Phi) is 3.71. The van der Waals surface area contributed by atoms with Crippen molar-refractivity contribution in [3.05, 3.63) is 59.4 Å². The first-order valence-electron chi connectivity index (χ1n) is 6.95. The van der Waals surface area contributed by atoms with Crippen molar-refractivity contribution in [2.45, 2.75) is 18.1 Å². The van der Waals surface area contributed by atoms with Crippen molar-refractivity contribution in [2.24, 2.45) is 0 Å². The van der Waals surface area contributed by atoms with Gasteiger partial charge in [0.2, 0.25) is 6.41 Å². The lowest BCUT2D eigenvalue weighted by Crippen LogP contribution is -2.47. The number of ether oxygens (including phenoxy) is 1. The quantitative estimate of drug-likeness (QED) is 0.884. The highest BCUT2D eigenvalue weighted by atomic mass is 19.4. The fraction of sp³-hybridized carbons (Fsp3) is 0.250. The van der Waals surface area contributed by atoms with Gasteiger partial charge < -0.3 is 10.1 Å². The molecule has 4 nitrogen and oxygen atoms in total. The van der Waals surface area contributed by atoms with Gasteiger partial charge in [-0.25, -0.2) is 0 Å². The maximum absolute atomic E-state index is 13.0. The smallest absolute Gasteiger partial charge is 0.416 e. The SMILES string of the molecule is O=CNC1(c2cccc(C(F)(F)F)c2)CCOc2cccnc21. The molecule has 0 saturated heterocycles. The third-order valence-corrected chi connectivity index (χ3v) is 3.90. The van der Waals surface area contributed by atoms with Crippen LogP contribution in [0.1, 0.15) is 23.2 Å². The lowest BCUT2D eigenvalue weighted by Gasteiger charge is -2.38. The van der Waals surface area contributed by atoms with Crippen molar-refractivity contribution >= 4 is 6.41 Å². The number of nitrogens with one attached hydrogen (secondary N) is 1. The van der Waals surface area contributed by atoms with E-state index >= 15 is 0 Å². The van der Waals surface area contributed by atoms with E-state index in [2.05, 4.69) is 10.3 Å². The summed E-state index contributed by atoms with van der Waals surface area (Å²) in [6.45, 7) is 0.260. The molecule has 1 aliphatic heterocycles. The largest absolute Gasteiger partial charge is 0.491 e. The van der Waals surface area contributed by atoms with Gasteiger partial charge in [0.25, 0.3) is 0 Å². The summed E-state index contributed by atoms with van der Waals surface area (Å²) in [7, 11) is 0. The van der Waals surface area contributed by atoms with Crippen LogP contribution in [0.5, 0.6) is 5.75 Å². The van der Waals surface area contributed by atoms with E-state index in [0.29, 0.717) is 23.4 Å². The second-order valence-corrected chi connectivity index (χ2v) is 5.19. The van der Waals surface area contributed by atoms with Gasteiger partial charge in [0.1, 0.15) is 17.0 Å². The first-order chi connectivity index (χ1) is 11.0. The molecule has 2 aromatic rings. The van der Waals surface area contributed by atoms with Crippen molar-refractivity contribution in [3.63, 3.8) is 0 Å².